The third kappa shape index (κ3) is 6.10. The number of primary sulfonamides is 1. The number of likely N-dealkylation sites (tertiary alicyclic amines) is 1. The SMILES string of the molecule is CC(C)(C)OC(=O)N1C(CCCOc2cccc(S(N)(=O)=O)c2)CCC1(C)C. The number of sulfonamides is 1. The van der Waals surface area contributed by atoms with Gasteiger partial charge in [-0.15, -0.1) is 0 Å². The van der Waals surface area contributed by atoms with E-state index in [0.717, 1.165) is 25.7 Å². The second-order valence-electron chi connectivity index (χ2n) is 8.87. The molecule has 0 aliphatic carbocycles. The Balaban J connectivity index is 1.92. The first-order chi connectivity index (χ1) is 12.8. The Kier molecular flexibility index (Phi) is 6.66. The zero-order valence-electron chi connectivity index (χ0n) is 17.4. The summed E-state index contributed by atoms with van der Waals surface area (Å²) in [6, 6.07) is 6.24. The molecule has 1 aromatic carbocycles. The van der Waals surface area contributed by atoms with Crippen molar-refractivity contribution in [1.82, 2.24) is 4.90 Å². The lowest BCUT2D eigenvalue weighted by atomic mass is 10.0. The minimum Gasteiger partial charge on any atom is -0.494 e. The van der Waals surface area contributed by atoms with Crippen molar-refractivity contribution in [3.8, 4) is 5.75 Å². The van der Waals surface area contributed by atoms with Crippen molar-refractivity contribution in [2.45, 2.75) is 82.4 Å². The fourth-order valence-electron chi connectivity index (χ4n) is 3.49. The molecule has 0 saturated carbocycles. The summed E-state index contributed by atoms with van der Waals surface area (Å²) in [5.41, 5.74) is -0.768. The van der Waals surface area contributed by atoms with Crippen LogP contribution >= 0.6 is 0 Å². The van der Waals surface area contributed by atoms with Crippen molar-refractivity contribution in [3.63, 3.8) is 0 Å². The van der Waals surface area contributed by atoms with Crippen LogP contribution in [0.5, 0.6) is 5.75 Å². The fourth-order valence-corrected chi connectivity index (χ4v) is 4.04. The largest absolute Gasteiger partial charge is 0.494 e. The van der Waals surface area contributed by atoms with E-state index in [1.54, 1.807) is 12.1 Å². The number of ether oxygens (including phenoxy) is 2. The highest BCUT2D eigenvalue weighted by Gasteiger charge is 2.43. The smallest absolute Gasteiger partial charge is 0.410 e. The van der Waals surface area contributed by atoms with Gasteiger partial charge in [-0.3, -0.25) is 0 Å². The molecule has 1 aliphatic heterocycles. The van der Waals surface area contributed by atoms with Gasteiger partial charge >= 0.3 is 6.09 Å². The van der Waals surface area contributed by atoms with E-state index in [2.05, 4.69) is 13.8 Å². The van der Waals surface area contributed by atoms with E-state index in [1.807, 2.05) is 25.7 Å². The molecule has 1 amide bonds. The van der Waals surface area contributed by atoms with Crippen LogP contribution in [-0.2, 0) is 14.8 Å². The molecule has 8 heteroatoms. The number of benzene rings is 1. The molecule has 2 rings (SSSR count). The van der Waals surface area contributed by atoms with Gasteiger partial charge in [0, 0.05) is 17.6 Å². The lowest BCUT2D eigenvalue weighted by Crippen LogP contribution is -2.49. The summed E-state index contributed by atoms with van der Waals surface area (Å²) in [6.45, 7) is 10.1. The first-order valence-corrected chi connectivity index (χ1v) is 11.1. The Labute approximate surface area is 168 Å². The normalized spacial score (nSPS) is 19.5. The van der Waals surface area contributed by atoms with Gasteiger partial charge in [0.05, 0.1) is 11.5 Å². The summed E-state index contributed by atoms with van der Waals surface area (Å²) >= 11 is 0. The number of hydrogen-bond donors (Lipinski definition) is 1. The van der Waals surface area contributed by atoms with E-state index in [-0.39, 0.29) is 22.6 Å². The second-order valence-corrected chi connectivity index (χ2v) is 10.4. The van der Waals surface area contributed by atoms with Crippen LogP contribution in [0.25, 0.3) is 0 Å². The lowest BCUT2D eigenvalue weighted by molar-refractivity contribution is 0.00255. The summed E-state index contributed by atoms with van der Waals surface area (Å²) in [6.07, 6.45) is 3.10. The van der Waals surface area contributed by atoms with Crippen LogP contribution in [0.2, 0.25) is 0 Å². The Morgan fingerprint density at radius 3 is 2.61 bits per heavy atom. The van der Waals surface area contributed by atoms with Crippen LogP contribution in [0.4, 0.5) is 4.79 Å². The van der Waals surface area contributed by atoms with Gasteiger partial charge < -0.3 is 14.4 Å². The first-order valence-electron chi connectivity index (χ1n) is 9.58. The van der Waals surface area contributed by atoms with Gasteiger partial charge in [-0.25, -0.2) is 18.4 Å². The number of carbonyl (C=O) groups excluding carboxylic acids is 1. The van der Waals surface area contributed by atoms with E-state index in [0.29, 0.717) is 12.4 Å². The summed E-state index contributed by atoms with van der Waals surface area (Å²) in [5, 5.41) is 5.14. The van der Waals surface area contributed by atoms with E-state index >= 15 is 0 Å². The average molecular weight is 413 g/mol. The highest BCUT2D eigenvalue weighted by molar-refractivity contribution is 7.89. The van der Waals surface area contributed by atoms with Crippen LogP contribution in [0.1, 0.15) is 60.3 Å². The monoisotopic (exact) mass is 412 g/mol. The molecule has 1 unspecified atom stereocenters. The number of nitrogens with zero attached hydrogens (tertiary/aromatic N) is 1. The zero-order valence-corrected chi connectivity index (χ0v) is 18.2. The van der Waals surface area contributed by atoms with Gasteiger partial charge in [-0.1, -0.05) is 6.07 Å². The molecule has 1 heterocycles. The van der Waals surface area contributed by atoms with Crippen molar-refractivity contribution >= 4 is 16.1 Å². The molecule has 1 aromatic rings. The molecule has 1 atom stereocenters. The average Bonchev–Trinajstić information content (AvgIpc) is 2.84. The van der Waals surface area contributed by atoms with Crippen molar-refractivity contribution in [3.05, 3.63) is 24.3 Å². The number of rotatable bonds is 6. The van der Waals surface area contributed by atoms with Crippen LogP contribution in [0.3, 0.4) is 0 Å². The summed E-state index contributed by atoms with van der Waals surface area (Å²) in [5.74, 6) is 0.460. The van der Waals surface area contributed by atoms with Crippen LogP contribution in [0, 0.1) is 0 Å². The number of amides is 1. The van der Waals surface area contributed by atoms with Crippen molar-refractivity contribution in [2.75, 3.05) is 6.61 Å². The predicted octanol–water partition coefficient (Wildman–Crippen LogP) is 3.67. The van der Waals surface area contributed by atoms with Gasteiger partial charge in [0.25, 0.3) is 0 Å². The highest BCUT2D eigenvalue weighted by Crippen LogP contribution is 2.36. The number of carbonyl (C=O) groups is 1. The van der Waals surface area contributed by atoms with E-state index in [1.165, 1.54) is 12.1 Å². The summed E-state index contributed by atoms with van der Waals surface area (Å²) < 4.78 is 34.1. The molecule has 0 radical (unpaired) electrons. The Morgan fingerprint density at radius 2 is 2.00 bits per heavy atom. The van der Waals surface area contributed by atoms with Gasteiger partial charge in [-0.2, -0.15) is 0 Å². The van der Waals surface area contributed by atoms with Crippen molar-refractivity contribution < 1.29 is 22.7 Å². The topological polar surface area (TPSA) is 98.9 Å². The molecule has 0 bridgehead atoms. The maximum atomic E-state index is 12.7. The predicted molar refractivity (Wildman–Crippen MR) is 108 cm³/mol. The lowest BCUT2D eigenvalue weighted by Gasteiger charge is -2.37. The van der Waals surface area contributed by atoms with E-state index in [4.69, 9.17) is 14.6 Å². The minimum atomic E-state index is -3.75. The molecule has 158 valence electrons. The molecule has 7 nitrogen and oxygen atoms in total. The quantitative estimate of drug-likeness (QED) is 0.719. The maximum Gasteiger partial charge on any atom is 0.410 e. The third-order valence-corrected chi connectivity index (χ3v) is 5.69. The number of hydrogen-bond acceptors (Lipinski definition) is 5. The van der Waals surface area contributed by atoms with Crippen LogP contribution in [0.15, 0.2) is 29.2 Å². The third-order valence-electron chi connectivity index (χ3n) is 4.78. The van der Waals surface area contributed by atoms with E-state index in [9.17, 15) is 13.2 Å². The molecule has 28 heavy (non-hydrogen) atoms. The Morgan fingerprint density at radius 1 is 1.32 bits per heavy atom. The molecular weight excluding hydrogens is 380 g/mol. The Bertz CT molecular complexity index is 799. The van der Waals surface area contributed by atoms with Crippen LogP contribution in [-0.4, -0.2) is 43.2 Å². The fraction of sp³-hybridized carbons (Fsp3) is 0.650. The standard InChI is InChI=1S/C20H32N2O5S/c1-19(2,3)27-18(23)22-15(11-12-20(22,4)5)8-7-13-26-16-9-6-10-17(14-16)28(21,24)25/h6,9-10,14-15H,7-8,11-13H2,1-5H3,(H2,21,24,25). The molecule has 2 N–H and O–H groups in total. The highest BCUT2D eigenvalue weighted by atomic mass is 32.2. The van der Waals surface area contributed by atoms with Crippen molar-refractivity contribution in [2.24, 2.45) is 5.14 Å². The molecule has 1 fully saturated rings. The molecule has 1 aliphatic rings. The molecular formula is C20H32N2O5S. The van der Waals surface area contributed by atoms with Gasteiger partial charge in [0.15, 0.2) is 0 Å². The van der Waals surface area contributed by atoms with Gasteiger partial charge in [-0.05, 0) is 72.4 Å². The van der Waals surface area contributed by atoms with Gasteiger partial charge in [0.2, 0.25) is 10.0 Å². The second kappa shape index (κ2) is 8.29. The molecule has 1 saturated heterocycles. The summed E-state index contributed by atoms with van der Waals surface area (Å²) in [7, 11) is -3.75. The first kappa shape index (κ1) is 22.5. The minimum absolute atomic E-state index is 0.0265. The zero-order chi connectivity index (χ0) is 21.2. The molecule has 0 aromatic heterocycles. The number of nitrogens with two attached hydrogens (primary N) is 1. The maximum absolute atomic E-state index is 12.7. The molecule has 0 spiro atoms. The summed E-state index contributed by atoms with van der Waals surface area (Å²) in [4.78, 5) is 14.6. The van der Waals surface area contributed by atoms with Gasteiger partial charge in [0.1, 0.15) is 11.4 Å². The van der Waals surface area contributed by atoms with Crippen LogP contribution < -0.4 is 9.88 Å². The van der Waals surface area contributed by atoms with Crippen molar-refractivity contribution in [1.29, 1.82) is 0 Å². The van der Waals surface area contributed by atoms with E-state index < -0.39 is 15.6 Å². The Hall–Kier alpha value is -1.80.